The van der Waals surface area contributed by atoms with E-state index >= 15 is 0 Å². The molecule has 100 valence electrons. The molecule has 0 spiro atoms. The number of anilines is 1. The predicted octanol–water partition coefficient (Wildman–Crippen LogP) is 3.19. The van der Waals surface area contributed by atoms with Crippen LogP contribution in [0.2, 0.25) is 0 Å². The number of nitrogens with two attached hydrogens (primary N) is 1. The number of nitrogens with zero attached hydrogens (tertiary/aromatic N) is 1. The number of aryl methyl sites for hydroxylation is 2. The Balaban J connectivity index is 0. The highest BCUT2D eigenvalue weighted by Crippen LogP contribution is 2.20. The van der Waals surface area contributed by atoms with Gasteiger partial charge >= 0.3 is 0 Å². The van der Waals surface area contributed by atoms with Crippen LogP contribution in [0.15, 0.2) is 0 Å². The topological polar surface area (TPSA) is 65.2 Å². The van der Waals surface area contributed by atoms with Crippen molar-refractivity contribution >= 4 is 22.9 Å². The summed E-state index contributed by atoms with van der Waals surface area (Å²) in [4.78, 5) is 14.6. The van der Waals surface area contributed by atoms with Crippen molar-refractivity contribution in [1.82, 2.24) is 4.98 Å². The van der Waals surface area contributed by atoms with Gasteiger partial charge in [-0.25, -0.2) is 4.98 Å². The van der Waals surface area contributed by atoms with E-state index in [9.17, 15) is 4.79 Å². The molecule has 4 nitrogen and oxygen atoms in total. The van der Waals surface area contributed by atoms with Crippen LogP contribution in [-0.4, -0.2) is 18.1 Å². The third-order valence-corrected chi connectivity index (χ3v) is 2.67. The lowest BCUT2D eigenvalue weighted by atomic mass is 10.2. The van der Waals surface area contributed by atoms with Gasteiger partial charge in [0.15, 0.2) is 5.13 Å². The fourth-order valence-electron chi connectivity index (χ4n) is 0.978. The van der Waals surface area contributed by atoms with Gasteiger partial charge in [0, 0.05) is 4.88 Å². The Kier molecular flexibility index (Phi) is 13.9. The van der Waals surface area contributed by atoms with Crippen molar-refractivity contribution in [2.75, 3.05) is 12.3 Å². The molecule has 0 amide bonds. The molecule has 2 N–H and O–H groups in total. The van der Waals surface area contributed by atoms with E-state index in [1.165, 1.54) is 11.3 Å². The molecule has 0 aliphatic heterocycles. The minimum Gasteiger partial charge on any atom is -0.468 e. The van der Waals surface area contributed by atoms with E-state index in [0.29, 0.717) is 18.2 Å². The van der Waals surface area contributed by atoms with E-state index in [0.717, 1.165) is 12.1 Å². The Morgan fingerprint density at radius 1 is 1.41 bits per heavy atom. The number of carbonyl (C=O) groups excluding carboxylic acids is 1. The molecule has 0 unspecified atom stereocenters. The minimum atomic E-state index is 0.431. The molecule has 0 fully saturated rings. The maximum atomic E-state index is 9.18. The number of hydrogen-bond donors (Lipinski definition) is 1. The lowest BCUT2D eigenvalue weighted by Crippen LogP contribution is -1.82. The second-order valence-corrected chi connectivity index (χ2v) is 3.98. The van der Waals surface area contributed by atoms with E-state index in [-0.39, 0.29) is 0 Å². The van der Waals surface area contributed by atoms with Gasteiger partial charge in [0.05, 0.1) is 12.3 Å². The molecule has 0 aromatic carbocycles. The van der Waals surface area contributed by atoms with Crippen LogP contribution in [0, 0.1) is 6.92 Å². The van der Waals surface area contributed by atoms with Crippen LogP contribution in [-0.2, 0) is 16.0 Å². The first-order chi connectivity index (χ1) is 8.15. The van der Waals surface area contributed by atoms with Gasteiger partial charge in [-0.3, -0.25) is 4.79 Å². The summed E-state index contributed by atoms with van der Waals surface area (Å²) in [6.45, 7) is 10.8. The minimum absolute atomic E-state index is 0.431. The van der Waals surface area contributed by atoms with Gasteiger partial charge in [-0.2, -0.15) is 0 Å². The zero-order valence-corrected chi connectivity index (χ0v) is 12.3. The molecule has 1 aromatic heterocycles. The van der Waals surface area contributed by atoms with Crippen LogP contribution in [0.3, 0.4) is 0 Å². The number of aromatic nitrogens is 1. The highest BCUT2D eigenvalue weighted by Gasteiger charge is 2.02. The molecule has 0 saturated heterocycles. The number of ether oxygens (including phenoxy) is 1. The number of hydrogen-bond acceptors (Lipinski definition) is 5. The molecule has 1 aromatic rings. The molecule has 5 heteroatoms. The lowest BCUT2D eigenvalue weighted by molar-refractivity contribution is -0.128. The van der Waals surface area contributed by atoms with Crippen LogP contribution in [0.1, 0.15) is 44.7 Å². The van der Waals surface area contributed by atoms with Gasteiger partial charge in [-0.1, -0.05) is 27.2 Å². The fourth-order valence-corrected chi connectivity index (χ4v) is 1.91. The smallest absolute Gasteiger partial charge is 0.293 e. The maximum absolute atomic E-state index is 9.18. The van der Waals surface area contributed by atoms with Crippen LogP contribution >= 0.6 is 11.3 Å². The summed E-state index contributed by atoms with van der Waals surface area (Å²) in [5.41, 5.74) is 6.62. The average Bonchev–Trinajstić information content (AvgIpc) is 2.63. The van der Waals surface area contributed by atoms with E-state index in [4.69, 9.17) is 5.73 Å². The Bertz CT molecular complexity index is 288. The molecule has 0 saturated carbocycles. The van der Waals surface area contributed by atoms with Crippen LogP contribution < -0.4 is 5.73 Å². The lowest BCUT2D eigenvalue weighted by Gasteiger charge is -1.90. The molecular formula is C12H24N2O2S. The van der Waals surface area contributed by atoms with E-state index in [1.54, 1.807) is 18.3 Å². The van der Waals surface area contributed by atoms with Gasteiger partial charge in [-0.05, 0) is 20.3 Å². The Morgan fingerprint density at radius 2 is 2.00 bits per heavy atom. The molecule has 0 radical (unpaired) electrons. The van der Waals surface area contributed by atoms with E-state index in [2.05, 4.69) is 16.6 Å². The van der Waals surface area contributed by atoms with Crippen LogP contribution in [0.5, 0.6) is 0 Å². The summed E-state index contributed by atoms with van der Waals surface area (Å²) in [5.74, 6) is 0. The third kappa shape index (κ3) is 9.81. The summed E-state index contributed by atoms with van der Waals surface area (Å²) >= 11 is 1.61. The monoisotopic (exact) mass is 260 g/mol. The quantitative estimate of drug-likeness (QED) is 0.844. The normalized spacial score (nSPS) is 8.29. The number of thiazole rings is 1. The maximum Gasteiger partial charge on any atom is 0.293 e. The Labute approximate surface area is 108 Å². The summed E-state index contributed by atoms with van der Waals surface area (Å²) < 4.78 is 4.15. The Hall–Kier alpha value is -1.10. The van der Waals surface area contributed by atoms with Crippen molar-refractivity contribution in [3.05, 3.63) is 10.6 Å². The largest absolute Gasteiger partial charge is 0.468 e. The highest BCUT2D eigenvalue weighted by molar-refractivity contribution is 7.15. The van der Waals surface area contributed by atoms with Gasteiger partial charge in [0.1, 0.15) is 0 Å². The highest BCUT2D eigenvalue weighted by atomic mass is 32.1. The standard InChI is InChI=1S/C7H12N2S.C3H6O2.C2H6/c1-3-4-6-5(2)9-7(8)10-6;1-2-5-3-4;1-2/h3-4H2,1-2H3,(H2,8,9);3H,2H2,1H3;1-2H3. The summed E-state index contributed by atoms with van der Waals surface area (Å²) in [5, 5.41) is 0.695. The molecular weight excluding hydrogens is 236 g/mol. The summed E-state index contributed by atoms with van der Waals surface area (Å²) in [6, 6.07) is 0. The molecule has 1 heterocycles. The molecule has 17 heavy (non-hydrogen) atoms. The van der Waals surface area contributed by atoms with Crippen molar-refractivity contribution in [3.63, 3.8) is 0 Å². The van der Waals surface area contributed by atoms with Crippen molar-refractivity contribution < 1.29 is 9.53 Å². The number of nitrogen functional groups attached to an aromatic ring is 1. The molecule has 0 aliphatic carbocycles. The first-order valence-corrected chi connectivity index (χ1v) is 6.74. The first kappa shape index (κ1) is 18.3. The zero-order valence-electron chi connectivity index (χ0n) is 11.4. The summed E-state index contributed by atoms with van der Waals surface area (Å²) in [6.07, 6.45) is 2.28. The fraction of sp³-hybridized carbons (Fsp3) is 0.667. The third-order valence-electron chi connectivity index (χ3n) is 1.62. The van der Waals surface area contributed by atoms with E-state index in [1.807, 2.05) is 20.8 Å². The van der Waals surface area contributed by atoms with Gasteiger partial charge in [0.25, 0.3) is 6.47 Å². The van der Waals surface area contributed by atoms with Gasteiger partial charge in [0.2, 0.25) is 0 Å². The molecule has 0 atom stereocenters. The average molecular weight is 260 g/mol. The SMILES string of the molecule is CC.CCCc1sc(N)nc1C.CCOC=O. The Morgan fingerprint density at radius 3 is 2.24 bits per heavy atom. The van der Waals surface area contributed by atoms with Crippen molar-refractivity contribution in [1.29, 1.82) is 0 Å². The second-order valence-electron chi connectivity index (χ2n) is 2.86. The second kappa shape index (κ2) is 13.0. The van der Waals surface area contributed by atoms with Crippen LogP contribution in [0.4, 0.5) is 5.13 Å². The molecule has 0 aliphatic rings. The number of rotatable bonds is 4. The van der Waals surface area contributed by atoms with Crippen LogP contribution in [0.25, 0.3) is 0 Å². The molecule has 0 bridgehead atoms. The summed E-state index contributed by atoms with van der Waals surface area (Å²) in [7, 11) is 0. The first-order valence-electron chi connectivity index (χ1n) is 5.92. The molecule has 1 rings (SSSR count). The van der Waals surface area contributed by atoms with Crippen molar-refractivity contribution in [2.45, 2.75) is 47.5 Å². The van der Waals surface area contributed by atoms with Gasteiger partial charge in [-0.15, -0.1) is 11.3 Å². The number of carbonyl (C=O) groups is 1. The van der Waals surface area contributed by atoms with E-state index < -0.39 is 0 Å². The van der Waals surface area contributed by atoms with Crippen molar-refractivity contribution in [3.8, 4) is 0 Å². The zero-order chi connectivity index (χ0) is 13.7. The van der Waals surface area contributed by atoms with Gasteiger partial charge < -0.3 is 10.5 Å². The predicted molar refractivity (Wildman–Crippen MR) is 74.3 cm³/mol. The van der Waals surface area contributed by atoms with Crippen molar-refractivity contribution in [2.24, 2.45) is 0 Å².